The SMILES string of the molecule is O=C(Nc1c(F)c(F)c(C(F)(F)F)c(F)c1F)c1ccn(C(F)F)n1. The second-order valence-corrected chi connectivity index (χ2v) is 4.42. The maximum absolute atomic E-state index is 13.6. The molecule has 1 aromatic carbocycles. The molecule has 0 aliphatic heterocycles. The van der Waals surface area contributed by atoms with Gasteiger partial charge >= 0.3 is 12.7 Å². The molecule has 2 aromatic rings. The van der Waals surface area contributed by atoms with E-state index >= 15 is 0 Å². The largest absolute Gasteiger partial charge is 0.422 e. The summed E-state index contributed by atoms with van der Waals surface area (Å²) in [5, 5.41) is 4.26. The molecule has 0 saturated heterocycles. The first-order valence-electron chi connectivity index (χ1n) is 6.03. The van der Waals surface area contributed by atoms with Crippen molar-refractivity contribution in [2.24, 2.45) is 0 Å². The Balaban J connectivity index is 2.45. The summed E-state index contributed by atoms with van der Waals surface area (Å²) in [6.45, 7) is -3.16. The van der Waals surface area contributed by atoms with Gasteiger partial charge in [-0.15, -0.1) is 0 Å². The molecule has 4 nitrogen and oxygen atoms in total. The minimum absolute atomic E-state index is 0.0183. The van der Waals surface area contributed by atoms with Crippen LogP contribution in [-0.2, 0) is 6.18 Å². The lowest BCUT2D eigenvalue weighted by Gasteiger charge is -2.14. The normalized spacial score (nSPS) is 11.9. The number of carbonyl (C=O) groups excluding carboxylic acids is 1. The van der Waals surface area contributed by atoms with Crippen molar-refractivity contribution in [3.63, 3.8) is 0 Å². The molecule has 13 heteroatoms. The number of rotatable bonds is 3. The molecule has 0 atom stereocenters. The van der Waals surface area contributed by atoms with Crippen LogP contribution in [0.2, 0.25) is 0 Å². The number of benzene rings is 1. The molecule has 136 valence electrons. The minimum Gasteiger partial charge on any atom is -0.315 e. The van der Waals surface area contributed by atoms with Crippen molar-refractivity contribution in [3.05, 3.63) is 46.8 Å². The van der Waals surface area contributed by atoms with Crippen molar-refractivity contribution in [3.8, 4) is 0 Å². The number of amides is 1. The van der Waals surface area contributed by atoms with Crippen LogP contribution in [-0.4, -0.2) is 15.7 Å². The van der Waals surface area contributed by atoms with Crippen LogP contribution >= 0.6 is 0 Å². The van der Waals surface area contributed by atoms with Gasteiger partial charge in [-0.2, -0.15) is 27.1 Å². The summed E-state index contributed by atoms with van der Waals surface area (Å²) in [6.07, 6.45) is -5.13. The van der Waals surface area contributed by atoms with Crippen LogP contribution < -0.4 is 5.32 Å². The average Bonchev–Trinajstić information content (AvgIpc) is 2.98. The van der Waals surface area contributed by atoms with E-state index in [1.54, 1.807) is 0 Å². The highest BCUT2D eigenvalue weighted by molar-refractivity contribution is 6.03. The van der Waals surface area contributed by atoms with Crippen LogP contribution in [0, 0.1) is 23.3 Å². The first-order chi connectivity index (χ1) is 11.4. The van der Waals surface area contributed by atoms with Crippen molar-refractivity contribution in [2.45, 2.75) is 12.7 Å². The van der Waals surface area contributed by atoms with Crippen LogP contribution in [0.4, 0.5) is 45.2 Å². The molecule has 2 rings (SSSR count). The predicted octanol–water partition coefficient (Wildman–Crippen LogP) is 4.11. The summed E-state index contributed by atoms with van der Waals surface area (Å²) in [4.78, 5) is 11.6. The van der Waals surface area contributed by atoms with Gasteiger partial charge in [-0.1, -0.05) is 0 Å². The van der Waals surface area contributed by atoms with Gasteiger partial charge in [0.05, 0.1) is 0 Å². The number of hydrogen-bond donors (Lipinski definition) is 1. The van der Waals surface area contributed by atoms with Crippen LogP contribution in [0.15, 0.2) is 12.3 Å². The van der Waals surface area contributed by atoms with Crippen LogP contribution in [0.5, 0.6) is 0 Å². The Morgan fingerprint density at radius 2 is 1.56 bits per heavy atom. The van der Waals surface area contributed by atoms with Gasteiger partial charge in [0, 0.05) is 6.20 Å². The molecule has 25 heavy (non-hydrogen) atoms. The van der Waals surface area contributed by atoms with E-state index < -0.39 is 58.8 Å². The maximum atomic E-state index is 13.6. The smallest absolute Gasteiger partial charge is 0.315 e. The van der Waals surface area contributed by atoms with Crippen LogP contribution in [0.1, 0.15) is 22.6 Å². The third kappa shape index (κ3) is 3.39. The number of halogens is 9. The van der Waals surface area contributed by atoms with Gasteiger partial charge in [-0.25, -0.2) is 22.2 Å². The summed E-state index contributed by atoms with van der Waals surface area (Å²) in [7, 11) is 0. The summed E-state index contributed by atoms with van der Waals surface area (Å²) in [6, 6.07) is 0.675. The van der Waals surface area contributed by atoms with Crippen molar-refractivity contribution >= 4 is 11.6 Å². The third-order valence-electron chi connectivity index (χ3n) is 2.83. The Kier molecular flexibility index (Phi) is 4.68. The van der Waals surface area contributed by atoms with E-state index in [1.165, 1.54) is 5.32 Å². The molecule has 0 aliphatic carbocycles. The molecule has 0 fully saturated rings. The van der Waals surface area contributed by atoms with Gasteiger partial charge in [-0.05, 0) is 6.07 Å². The number of nitrogens with zero attached hydrogens (tertiary/aromatic N) is 2. The zero-order valence-electron chi connectivity index (χ0n) is 11.4. The predicted molar refractivity (Wildman–Crippen MR) is 62.7 cm³/mol. The summed E-state index contributed by atoms with van der Waals surface area (Å²) < 4.78 is 116. The van der Waals surface area contributed by atoms with E-state index in [0.29, 0.717) is 12.3 Å². The highest BCUT2D eigenvalue weighted by atomic mass is 19.4. The van der Waals surface area contributed by atoms with Gasteiger partial charge in [-0.3, -0.25) is 4.79 Å². The van der Waals surface area contributed by atoms with Gasteiger partial charge in [0.15, 0.2) is 29.0 Å². The van der Waals surface area contributed by atoms with Gasteiger partial charge in [0.2, 0.25) is 0 Å². The maximum Gasteiger partial charge on any atom is 0.422 e. The number of aromatic nitrogens is 2. The summed E-state index contributed by atoms with van der Waals surface area (Å²) in [5.41, 5.74) is -5.51. The fourth-order valence-electron chi connectivity index (χ4n) is 1.74. The summed E-state index contributed by atoms with van der Waals surface area (Å²) >= 11 is 0. The Morgan fingerprint density at radius 1 is 1.04 bits per heavy atom. The zero-order chi connectivity index (χ0) is 19.1. The van der Waals surface area contributed by atoms with Crippen molar-refractivity contribution < 1.29 is 44.3 Å². The number of carbonyl (C=O) groups is 1. The number of anilines is 1. The lowest BCUT2D eigenvalue weighted by Crippen LogP contribution is -2.20. The van der Waals surface area contributed by atoms with Crippen molar-refractivity contribution in [1.29, 1.82) is 0 Å². The molecule has 0 unspecified atom stereocenters. The van der Waals surface area contributed by atoms with Crippen molar-refractivity contribution in [2.75, 3.05) is 5.32 Å². The highest BCUT2D eigenvalue weighted by Gasteiger charge is 2.42. The lowest BCUT2D eigenvalue weighted by molar-refractivity contribution is -0.143. The Morgan fingerprint density at radius 3 is 1.96 bits per heavy atom. The molecular weight excluding hydrogens is 373 g/mol. The molecule has 1 aromatic heterocycles. The second-order valence-electron chi connectivity index (χ2n) is 4.42. The first kappa shape index (κ1) is 18.6. The standard InChI is InChI=1S/C12H4F9N3O/c13-5-4(12(19,20)21)6(14)8(16)9(7(5)15)22-10(25)3-1-2-24(23-3)11(17)18/h1-2,11H,(H,22,25). The molecule has 1 heterocycles. The van der Waals surface area contributed by atoms with E-state index in [4.69, 9.17) is 0 Å². The van der Waals surface area contributed by atoms with Crippen LogP contribution in [0.3, 0.4) is 0 Å². The van der Waals surface area contributed by atoms with Crippen LogP contribution in [0.25, 0.3) is 0 Å². The molecule has 0 radical (unpaired) electrons. The fraction of sp³-hybridized carbons (Fsp3) is 0.167. The Labute approximate surface area is 131 Å². The zero-order valence-corrected chi connectivity index (χ0v) is 11.4. The summed E-state index contributed by atoms with van der Waals surface area (Å²) in [5.74, 6) is -12.2. The lowest BCUT2D eigenvalue weighted by atomic mass is 10.1. The van der Waals surface area contributed by atoms with E-state index in [-0.39, 0.29) is 4.68 Å². The Bertz CT molecular complexity index is 799. The van der Waals surface area contributed by atoms with Gasteiger partial charge in [0.1, 0.15) is 11.3 Å². The molecule has 0 spiro atoms. The monoisotopic (exact) mass is 377 g/mol. The third-order valence-corrected chi connectivity index (χ3v) is 2.83. The highest BCUT2D eigenvalue weighted by Crippen LogP contribution is 2.38. The van der Waals surface area contributed by atoms with E-state index in [2.05, 4.69) is 5.10 Å². The molecule has 1 amide bonds. The van der Waals surface area contributed by atoms with Crippen molar-refractivity contribution in [1.82, 2.24) is 9.78 Å². The first-order valence-corrected chi connectivity index (χ1v) is 6.03. The second kappa shape index (κ2) is 6.29. The minimum atomic E-state index is -5.74. The molecular formula is C12H4F9N3O. The molecule has 0 saturated carbocycles. The molecule has 0 bridgehead atoms. The van der Waals surface area contributed by atoms with E-state index in [1.807, 2.05) is 0 Å². The number of alkyl halides is 5. The molecule has 0 aliphatic rings. The van der Waals surface area contributed by atoms with Gasteiger partial charge < -0.3 is 5.32 Å². The quantitative estimate of drug-likeness (QED) is 0.647. The van der Waals surface area contributed by atoms with Gasteiger partial charge in [0.25, 0.3) is 5.91 Å². The van der Waals surface area contributed by atoms with E-state index in [9.17, 15) is 44.3 Å². The molecule has 1 N–H and O–H groups in total. The van der Waals surface area contributed by atoms with E-state index in [0.717, 1.165) is 0 Å². The average molecular weight is 377 g/mol. The number of hydrogen-bond acceptors (Lipinski definition) is 2. The fourth-order valence-corrected chi connectivity index (χ4v) is 1.74. The topological polar surface area (TPSA) is 46.9 Å². The number of nitrogens with one attached hydrogen (secondary N) is 1. The Hall–Kier alpha value is -2.73.